The van der Waals surface area contributed by atoms with E-state index < -0.39 is 0 Å². The van der Waals surface area contributed by atoms with Crippen LogP contribution in [0.15, 0.2) is 77.6 Å². The third kappa shape index (κ3) is 3.49. The van der Waals surface area contributed by atoms with Crippen molar-refractivity contribution >= 4 is 0 Å². The van der Waals surface area contributed by atoms with Gasteiger partial charge in [0.25, 0.3) is 5.56 Å². The van der Waals surface area contributed by atoms with Crippen LogP contribution in [0.4, 0.5) is 0 Å². The van der Waals surface area contributed by atoms with E-state index >= 15 is 0 Å². The molecule has 4 heterocycles. The molecule has 6 rings (SSSR count). The van der Waals surface area contributed by atoms with Gasteiger partial charge in [0.2, 0.25) is 0 Å². The SMILES string of the molecule is Cc1ccccc1-n1nnnc1C(c1ccccc1)N1C[C@@H]2C[C@H](C1)c1cccc(=O)n1C2. The smallest absolute Gasteiger partial charge is 0.250 e. The number of aromatic nitrogens is 5. The van der Waals surface area contributed by atoms with Gasteiger partial charge in [0.15, 0.2) is 5.82 Å². The molecule has 7 heteroatoms. The predicted molar refractivity (Wildman–Crippen MR) is 125 cm³/mol. The quantitative estimate of drug-likeness (QED) is 0.489. The molecule has 2 bridgehead atoms. The number of aryl methyl sites for hydroxylation is 1. The first-order chi connectivity index (χ1) is 16.2. The minimum absolute atomic E-state index is 0.0758. The molecule has 0 saturated carbocycles. The first-order valence-electron chi connectivity index (χ1n) is 11.5. The van der Waals surface area contributed by atoms with Gasteiger partial charge in [-0.15, -0.1) is 5.10 Å². The minimum atomic E-state index is -0.0758. The molecule has 1 unspecified atom stereocenters. The highest BCUT2D eigenvalue weighted by molar-refractivity contribution is 5.41. The van der Waals surface area contributed by atoms with E-state index in [0.29, 0.717) is 11.8 Å². The zero-order chi connectivity index (χ0) is 22.4. The number of rotatable bonds is 4. The third-order valence-corrected chi connectivity index (χ3v) is 7.07. The van der Waals surface area contributed by atoms with E-state index in [1.54, 1.807) is 6.07 Å². The molecule has 2 aromatic carbocycles. The Morgan fingerprint density at radius 2 is 1.73 bits per heavy atom. The van der Waals surface area contributed by atoms with Crippen molar-refractivity contribution in [2.75, 3.05) is 13.1 Å². The van der Waals surface area contributed by atoms with E-state index in [2.05, 4.69) is 69.8 Å². The van der Waals surface area contributed by atoms with Crippen LogP contribution in [0.5, 0.6) is 0 Å². The zero-order valence-corrected chi connectivity index (χ0v) is 18.6. The van der Waals surface area contributed by atoms with Crippen LogP contribution < -0.4 is 5.56 Å². The summed E-state index contributed by atoms with van der Waals surface area (Å²) in [5.41, 5.74) is 4.55. The van der Waals surface area contributed by atoms with Crippen molar-refractivity contribution in [3.8, 4) is 5.69 Å². The molecule has 4 aromatic rings. The first kappa shape index (κ1) is 20.1. The molecule has 2 aromatic heterocycles. The molecule has 2 aliphatic rings. The number of para-hydroxylation sites is 1. The first-order valence-corrected chi connectivity index (χ1v) is 11.5. The molecule has 2 aliphatic heterocycles. The Morgan fingerprint density at radius 1 is 0.909 bits per heavy atom. The number of likely N-dealkylation sites (tertiary alicyclic amines) is 1. The van der Waals surface area contributed by atoms with Gasteiger partial charge in [-0.3, -0.25) is 9.69 Å². The Morgan fingerprint density at radius 3 is 2.58 bits per heavy atom. The second-order valence-electron chi connectivity index (χ2n) is 9.20. The van der Waals surface area contributed by atoms with Crippen molar-refractivity contribution in [2.45, 2.75) is 31.8 Å². The molecular weight excluding hydrogens is 412 g/mol. The minimum Gasteiger partial charge on any atom is -0.312 e. The fourth-order valence-electron chi connectivity index (χ4n) is 5.64. The van der Waals surface area contributed by atoms with E-state index in [-0.39, 0.29) is 11.6 Å². The van der Waals surface area contributed by atoms with Gasteiger partial charge in [-0.1, -0.05) is 54.6 Å². The Hall–Kier alpha value is -3.58. The van der Waals surface area contributed by atoms with Crippen molar-refractivity contribution in [3.63, 3.8) is 0 Å². The summed E-state index contributed by atoms with van der Waals surface area (Å²) in [6, 6.07) is 24.3. The number of piperidine rings is 1. The predicted octanol–water partition coefficient (Wildman–Crippen LogP) is 3.34. The Labute approximate surface area is 192 Å². The lowest BCUT2D eigenvalue weighted by atomic mass is 9.82. The van der Waals surface area contributed by atoms with Crippen LogP contribution in [0.25, 0.3) is 5.69 Å². The van der Waals surface area contributed by atoms with E-state index in [1.165, 1.54) is 5.56 Å². The molecule has 166 valence electrons. The van der Waals surface area contributed by atoms with Crippen LogP contribution >= 0.6 is 0 Å². The number of nitrogens with zero attached hydrogens (tertiary/aromatic N) is 6. The second-order valence-corrected chi connectivity index (χ2v) is 9.20. The molecule has 0 aliphatic carbocycles. The van der Waals surface area contributed by atoms with Crippen LogP contribution in [-0.4, -0.2) is 42.8 Å². The number of tetrazole rings is 1. The number of hydrogen-bond acceptors (Lipinski definition) is 5. The highest BCUT2D eigenvalue weighted by Gasteiger charge is 2.39. The molecule has 3 atom stereocenters. The summed E-state index contributed by atoms with van der Waals surface area (Å²) in [4.78, 5) is 15.0. The van der Waals surface area contributed by atoms with E-state index in [0.717, 1.165) is 48.8 Å². The third-order valence-electron chi connectivity index (χ3n) is 7.07. The molecule has 0 N–H and O–H groups in total. The summed E-state index contributed by atoms with van der Waals surface area (Å²) < 4.78 is 3.86. The Balaban J connectivity index is 1.44. The lowest BCUT2D eigenvalue weighted by Gasteiger charge is -2.45. The summed E-state index contributed by atoms with van der Waals surface area (Å²) >= 11 is 0. The average molecular weight is 439 g/mol. The van der Waals surface area contributed by atoms with Crippen LogP contribution in [0, 0.1) is 12.8 Å². The molecule has 7 nitrogen and oxygen atoms in total. The number of benzene rings is 2. The monoisotopic (exact) mass is 438 g/mol. The second kappa shape index (κ2) is 8.08. The average Bonchev–Trinajstić information content (AvgIpc) is 3.30. The van der Waals surface area contributed by atoms with Crippen molar-refractivity contribution < 1.29 is 0 Å². The summed E-state index contributed by atoms with van der Waals surface area (Å²) in [6.45, 7) is 4.61. The van der Waals surface area contributed by atoms with Crippen LogP contribution in [0.2, 0.25) is 0 Å². The number of pyridine rings is 1. The summed E-state index contributed by atoms with van der Waals surface area (Å²) in [7, 11) is 0. The Kier molecular flexibility index (Phi) is 4.91. The van der Waals surface area contributed by atoms with E-state index in [4.69, 9.17) is 0 Å². The Bertz CT molecular complexity index is 1340. The van der Waals surface area contributed by atoms with Crippen molar-refractivity contribution in [3.05, 3.63) is 106 Å². The zero-order valence-electron chi connectivity index (χ0n) is 18.6. The summed E-state index contributed by atoms with van der Waals surface area (Å²) in [5, 5.41) is 13.0. The number of hydrogen-bond donors (Lipinski definition) is 0. The van der Waals surface area contributed by atoms with Crippen LogP contribution in [0.3, 0.4) is 0 Å². The molecule has 1 saturated heterocycles. The lowest BCUT2D eigenvalue weighted by Crippen LogP contribution is -2.48. The standard InChI is InChI=1S/C26H26N6O/c1-18-8-5-6-11-22(18)32-26(27-28-29-32)25(20-9-3-2-4-10-20)30-15-19-14-21(17-30)23-12-7-13-24(33)31(23)16-19/h2-13,19,21,25H,14-17H2,1H3/t19-,21+,25?/m0/s1. The van der Waals surface area contributed by atoms with E-state index in [9.17, 15) is 4.79 Å². The van der Waals surface area contributed by atoms with E-state index in [1.807, 2.05) is 33.5 Å². The van der Waals surface area contributed by atoms with Crippen LogP contribution in [0.1, 0.15) is 41.0 Å². The van der Waals surface area contributed by atoms with Gasteiger partial charge < -0.3 is 4.57 Å². The highest BCUT2D eigenvalue weighted by Crippen LogP contribution is 2.40. The largest absolute Gasteiger partial charge is 0.312 e. The molecule has 1 fully saturated rings. The van der Waals surface area contributed by atoms with Gasteiger partial charge >= 0.3 is 0 Å². The van der Waals surface area contributed by atoms with Gasteiger partial charge in [-0.05, 0) is 52.9 Å². The van der Waals surface area contributed by atoms with Crippen LogP contribution in [-0.2, 0) is 6.54 Å². The maximum absolute atomic E-state index is 12.5. The summed E-state index contributed by atoms with van der Waals surface area (Å²) in [5.74, 6) is 1.56. The molecule has 0 spiro atoms. The van der Waals surface area contributed by atoms with Crippen molar-refractivity contribution in [1.29, 1.82) is 0 Å². The normalized spacial score (nSPS) is 20.9. The van der Waals surface area contributed by atoms with Gasteiger partial charge in [0, 0.05) is 37.3 Å². The maximum atomic E-state index is 12.5. The maximum Gasteiger partial charge on any atom is 0.250 e. The van der Waals surface area contributed by atoms with Gasteiger partial charge in [0.05, 0.1) is 11.7 Å². The molecule has 0 radical (unpaired) electrons. The highest BCUT2D eigenvalue weighted by atomic mass is 16.1. The summed E-state index contributed by atoms with van der Waals surface area (Å²) in [6.07, 6.45) is 1.12. The fraction of sp³-hybridized carbons (Fsp3) is 0.308. The molecule has 0 amide bonds. The fourth-order valence-corrected chi connectivity index (χ4v) is 5.64. The number of fused-ring (bicyclic) bond motifs is 4. The molecular formula is C26H26N6O. The van der Waals surface area contributed by atoms with Crippen molar-refractivity contribution in [1.82, 2.24) is 29.7 Å². The topological polar surface area (TPSA) is 68.8 Å². The van der Waals surface area contributed by atoms with Gasteiger partial charge in [-0.2, -0.15) is 4.68 Å². The van der Waals surface area contributed by atoms with Crippen molar-refractivity contribution in [2.24, 2.45) is 5.92 Å². The van der Waals surface area contributed by atoms with Gasteiger partial charge in [-0.25, -0.2) is 0 Å². The van der Waals surface area contributed by atoms with Gasteiger partial charge in [0.1, 0.15) is 0 Å². The molecule has 33 heavy (non-hydrogen) atoms. The lowest BCUT2D eigenvalue weighted by molar-refractivity contribution is 0.0912.